The molecular weight excluding hydrogens is 454 g/mol. The summed E-state index contributed by atoms with van der Waals surface area (Å²) in [6, 6.07) is 0. The maximum Gasteiger partial charge on any atom is 0.266 e. The Bertz CT molecular complexity index is 1030. The molecule has 34 heavy (non-hydrogen) atoms. The SMILES string of the molecule is [2H]C1([2H])C[C@]2(C)C3CC[C@@]4(C)C(CCC4[C@H](C)CCC(=O)NCCS(=O)(=O)O)C3C(O)CC2C([2H])([2H])[C@@H]1O. The van der Waals surface area contributed by atoms with Crippen LogP contribution in [0.5, 0.6) is 0 Å². The van der Waals surface area contributed by atoms with Crippen LogP contribution >= 0.6 is 0 Å². The van der Waals surface area contributed by atoms with Crippen molar-refractivity contribution in [2.75, 3.05) is 12.3 Å². The van der Waals surface area contributed by atoms with Gasteiger partial charge < -0.3 is 15.5 Å². The van der Waals surface area contributed by atoms with E-state index in [1.165, 1.54) is 0 Å². The topological polar surface area (TPSA) is 124 Å². The summed E-state index contributed by atoms with van der Waals surface area (Å²) >= 11 is 0. The van der Waals surface area contributed by atoms with Gasteiger partial charge in [-0.05, 0) is 104 Å². The van der Waals surface area contributed by atoms with E-state index in [-0.39, 0.29) is 60.8 Å². The number of carbonyl (C=O) groups is 1. The molecule has 0 radical (unpaired) electrons. The molecule has 0 aromatic rings. The summed E-state index contributed by atoms with van der Waals surface area (Å²) in [6.45, 7) is 6.30. The minimum Gasteiger partial charge on any atom is -0.393 e. The Labute approximate surface area is 210 Å². The first kappa shape index (κ1) is 21.4. The van der Waals surface area contributed by atoms with Crippen LogP contribution in [0.25, 0.3) is 0 Å². The van der Waals surface area contributed by atoms with Crippen LogP contribution < -0.4 is 5.32 Å². The zero-order valence-corrected chi connectivity index (χ0v) is 21.5. The average molecular weight is 504 g/mol. The molecule has 0 spiro atoms. The quantitative estimate of drug-likeness (QED) is 0.395. The first-order valence-electron chi connectivity index (χ1n) is 14.9. The highest BCUT2D eigenvalue weighted by molar-refractivity contribution is 7.85. The van der Waals surface area contributed by atoms with Crippen molar-refractivity contribution in [3.05, 3.63) is 0 Å². The van der Waals surface area contributed by atoms with Crippen LogP contribution in [-0.2, 0) is 14.9 Å². The number of rotatable bonds is 7. The molecule has 0 bridgehead atoms. The van der Waals surface area contributed by atoms with Gasteiger partial charge in [-0.25, -0.2) is 0 Å². The lowest BCUT2D eigenvalue weighted by atomic mass is 9.43. The summed E-state index contributed by atoms with van der Waals surface area (Å²) in [7, 11) is -4.12. The summed E-state index contributed by atoms with van der Waals surface area (Å²) < 4.78 is 64.8. The molecule has 4 rings (SSSR count). The Balaban J connectivity index is 1.47. The molecule has 0 aromatic carbocycles. The van der Waals surface area contributed by atoms with Crippen LogP contribution in [0.15, 0.2) is 0 Å². The highest BCUT2D eigenvalue weighted by Crippen LogP contribution is 2.68. The predicted octanol–water partition coefficient (Wildman–Crippen LogP) is 3.40. The standard InChI is InChI=1S/C26H45NO6S/c1-16(4-7-23(30)27-12-13-34(31,32)33)19-5-6-20-24-21(9-11-26(19,20)3)25(2)10-8-18(28)14-17(25)15-22(24)29/h16-22,24,28-29H,4-15H2,1-3H3,(H,27,30)(H,31,32,33)/t16-,17?,18-,19?,20?,21?,22?,24?,25+,26-/m1/s1/i8D2,14D2. The van der Waals surface area contributed by atoms with Gasteiger partial charge in [0.2, 0.25) is 5.91 Å². The van der Waals surface area contributed by atoms with Crippen molar-refractivity contribution < 1.29 is 33.5 Å². The van der Waals surface area contributed by atoms with Crippen molar-refractivity contribution in [1.82, 2.24) is 5.32 Å². The molecule has 4 fully saturated rings. The molecule has 4 N–H and O–H groups in total. The third kappa shape index (κ3) is 4.94. The van der Waals surface area contributed by atoms with Gasteiger partial charge in [-0.1, -0.05) is 20.8 Å². The molecule has 0 saturated heterocycles. The summed E-state index contributed by atoms with van der Waals surface area (Å²) in [5.41, 5.74) is -0.695. The third-order valence-electron chi connectivity index (χ3n) is 10.2. The fourth-order valence-corrected chi connectivity index (χ4v) is 8.81. The largest absolute Gasteiger partial charge is 0.393 e. The Kier molecular flexibility index (Phi) is 6.06. The molecule has 4 aliphatic carbocycles. The number of aliphatic hydroxyl groups excluding tert-OH is 2. The number of hydrogen-bond donors (Lipinski definition) is 4. The fraction of sp³-hybridized carbons (Fsp3) is 0.962. The Morgan fingerprint density at radius 2 is 1.85 bits per heavy atom. The highest BCUT2D eigenvalue weighted by atomic mass is 32.2. The number of hydrogen-bond acceptors (Lipinski definition) is 5. The lowest BCUT2D eigenvalue weighted by molar-refractivity contribution is -0.174. The molecule has 0 heterocycles. The second kappa shape index (κ2) is 9.64. The molecule has 0 aromatic heterocycles. The van der Waals surface area contributed by atoms with E-state index < -0.39 is 52.2 Å². The van der Waals surface area contributed by atoms with E-state index in [9.17, 15) is 23.4 Å². The molecule has 4 aliphatic rings. The zero-order chi connectivity index (χ0) is 28.5. The molecule has 1 amide bonds. The Morgan fingerprint density at radius 1 is 1.15 bits per heavy atom. The number of amides is 1. The predicted molar refractivity (Wildman–Crippen MR) is 130 cm³/mol. The van der Waals surface area contributed by atoms with Gasteiger partial charge in [-0.15, -0.1) is 0 Å². The van der Waals surface area contributed by atoms with Crippen LogP contribution in [0.2, 0.25) is 0 Å². The van der Waals surface area contributed by atoms with Crippen LogP contribution in [0.3, 0.4) is 0 Å². The van der Waals surface area contributed by atoms with Gasteiger partial charge >= 0.3 is 0 Å². The molecule has 10 atom stereocenters. The first-order valence-corrected chi connectivity index (χ1v) is 14.5. The van der Waals surface area contributed by atoms with Crippen LogP contribution in [0.4, 0.5) is 0 Å². The first-order chi connectivity index (χ1) is 17.3. The Morgan fingerprint density at radius 3 is 2.56 bits per heavy atom. The minimum absolute atomic E-state index is 0.0189. The molecule has 6 unspecified atom stereocenters. The van der Waals surface area contributed by atoms with E-state index in [1.807, 2.05) is 6.92 Å². The van der Waals surface area contributed by atoms with E-state index >= 15 is 0 Å². The van der Waals surface area contributed by atoms with Crippen LogP contribution in [-0.4, -0.2) is 53.6 Å². The molecular formula is C26H45NO6S. The lowest BCUT2D eigenvalue weighted by Gasteiger charge is -2.62. The van der Waals surface area contributed by atoms with Gasteiger partial charge in [0.25, 0.3) is 10.1 Å². The number of carbonyl (C=O) groups excluding carboxylic acids is 1. The van der Waals surface area contributed by atoms with E-state index in [0.29, 0.717) is 12.3 Å². The third-order valence-corrected chi connectivity index (χ3v) is 10.9. The average Bonchev–Trinajstić information content (AvgIpc) is 3.14. The number of fused-ring (bicyclic) bond motifs is 5. The van der Waals surface area contributed by atoms with Gasteiger partial charge in [-0.3, -0.25) is 9.35 Å². The van der Waals surface area contributed by atoms with Crippen molar-refractivity contribution in [1.29, 1.82) is 0 Å². The normalized spacial score (nSPS) is 49.8. The number of aliphatic hydroxyl groups is 2. The van der Waals surface area contributed by atoms with Gasteiger partial charge in [-0.2, -0.15) is 8.42 Å². The van der Waals surface area contributed by atoms with E-state index in [1.54, 1.807) is 0 Å². The molecule has 8 heteroatoms. The Hall–Kier alpha value is -0.700. The second-order valence-electron chi connectivity index (χ2n) is 12.0. The zero-order valence-electron chi connectivity index (χ0n) is 24.7. The summed E-state index contributed by atoms with van der Waals surface area (Å²) in [5.74, 6) is -0.600. The second-order valence-corrected chi connectivity index (χ2v) is 13.6. The summed E-state index contributed by atoms with van der Waals surface area (Å²) in [4.78, 5) is 12.2. The maximum absolute atomic E-state index is 12.2. The van der Waals surface area contributed by atoms with E-state index in [4.69, 9.17) is 10.0 Å². The molecule has 7 nitrogen and oxygen atoms in total. The molecule has 4 saturated carbocycles. The minimum atomic E-state index is -4.12. The highest BCUT2D eigenvalue weighted by Gasteiger charge is 2.62. The van der Waals surface area contributed by atoms with Gasteiger partial charge in [0, 0.05) is 18.4 Å². The maximum atomic E-state index is 12.2. The summed E-state index contributed by atoms with van der Waals surface area (Å²) in [6.07, 6.45) is -1.72. The van der Waals surface area contributed by atoms with Gasteiger partial charge in [0.05, 0.1) is 18.0 Å². The molecule has 0 aliphatic heterocycles. The van der Waals surface area contributed by atoms with Crippen LogP contribution in [0.1, 0.15) is 90.4 Å². The van der Waals surface area contributed by atoms with Crippen molar-refractivity contribution >= 4 is 16.0 Å². The van der Waals surface area contributed by atoms with E-state index in [2.05, 4.69) is 19.2 Å². The fourth-order valence-electron chi connectivity index (χ4n) is 8.45. The molecule has 196 valence electrons. The monoisotopic (exact) mass is 503 g/mol. The van der Waals surface area contributed by atoms with Crippen LogP contribution in [0, 0.1) is 46.3 Å². The number of nitrogens with one attached hydrogen (secondary N) is 1. The van der Waals surface area contributed by atoms with Crippen molar-refractivity contribution in [3.8, 4) is 0 Å². The van der Waals surface area contributed by atoms with E-state index in [0.717, 1.165) is 25.7 Å². The smallest absolute Gasteiger partial charge is 0.266 e. The lowest BCUT2D eigenvalue weighted by Crippen LogP contribution is -2.58. The van der Waals surface area contributed by atoms with Gasteiger partial charge in [0.15, 0.2) is 0 Å². The van der Waals surface area contributed by atoms with Gasteiger partial charge in [0.1, 0.15) is 0 Å². The summed E-state index contributed by atoms with van der Waals surface area (Å²) in [5, 5.41) is 24.6. The van der Waals surface area contributed by atoms with Crippen molar-refractivity contribution in [3.63, 3.8) is 0 Å². The van der Waals surface area contributed by atoms with Crippen molar-refractivity contribution in [2.24, 2.45) is 46.3 Å². The van der Waals surface area contributed by atoms with Crippen molar-refractivity contribution in [2.45, 2.75) is 97.1 Å².